The molecule has 0 aliphatic heterocycles. The van der Waals surface area contributed by atoms with Gasteiger partial charge in [-0.3, -0.25) is 9.36 Å². The molecule has 0 amide bonds. The Morgan fingerprint density at radius 2 is 2.25 bits per heavy atom. The van der Waals surface area contributed by atoms with E-state index in [2.05, 4.69) is 4.98 Å². The summed E-state index contributed by atoms with van der Waals surface area (Å²) < 4.78 is 1.35. The first-order chi connectivity index (χ1) is 7.40. The Balaban J connectivity index is 3.20. The first-order valence-corrected chi connectivity index (χ1v) is 5.26. The molecule has 1 heterocycles. The highest BCUT2D eigenvalue weighted by Crippen LogP contribution is 2.08. The summed E-state index contributed by atoms with van der Waals surface area (Å²) in [5, 5.41) is 8.76. The molecule has 1 rings (SSSR count). The zero-order valence-electron chi connectivity index (χ0n) is 9.11. The van der Waals surface area contributed by atoms with Crippen LogP contribution in [0, 0.1) is 5.92 Å². The molecule has 0 fully saturated rings. The molecule has 0 saturated heterocycles. The Hall–Kier alpha value is -1.36. The second-order valence-electron chi connectivity index (χ2n) is 3.93. The van der Waals surface area contributed by atoms with Gasteiger partial charge in [0.2, 0.25) is 0 Å². The fourth-order valence-corrected chi connectivity index (χ4v) is 1.58. The van der Waals surface area contributed by atoms with Crippen LogP contribution >= 0.6 is 11.6 Å². The van der Waals surface area contributed by atoms with Gasteiger partial charge in [-0.1, -0.05) is 25.4 Å². The second-order valence-corrected chi connectivity index (χ2v) is 4.31. The number of carboxylic acid groups (broad SMARTS) is 1. The third kappa shape index (κ3) is 3.34. The van der Waals surface area contributed by atoms with Crippen LogP contribution in [-0.4, -0.2) is 20.6 Å². The lowest BCUT2D eigenvalue weighted by molar-refractivity contribution is -0.136. The van der Waals surface area contributed by atoms with Crippen molar-refractivity contribution in [3.63, 3.8) is 0 Å². The number of rotatable bonds is 4. The van der Waals surface area contributed by atoms with Crippen LogP contribution in [-0.2, 0) is 17.8 Å². The van der Waals surface area contributed by atoms with Gasteiger partial charge in [-0.05, 0) is 12.0 Å². The molecule has 1 aromatic heterocycles. The number of carbonyl (C=O) groups is 1. The van der Waals surface area contributed by atoms with E-state index in [0.717, 1.165) is 0 Å². The van der Waals surface area contributed by atoms with E-state index in [4.69, 9.17) is 16.7 Å². The van der Waals surface area contributed by atoms with Gasteiger partial charge >= 0.3 is 11.7 Å². The largest absolute Gasteiger partial charge is 0.481 e. The van der Waals surface area contributed by atoms with Gasteiger partial charge in [0, 0.05) is 12.2 Å². The normalized spacial score (nSPS) is 10.8. The second kappa shape index (κ2) is 5.12. The highest BCUT2D eigenvalue weighted by molar-refractivity contribution is 6.29. The number of aromatic nitrogens is 2. The fraction of sp³-hybridized carbons (Fsp3) is 0.500. The van der Waals surface area contributed by atoms with Gasteiger partial charge in [0.25, 0.3) is 0 Å². The third-order valence-corrected chi connectivity index (χ3v) is 2.14. The minimum Gasteiger partial charge on any atom is -0.481 e. The van der Waals surface area contributed by atoms with Crippen molar-refractivity contribution < 1.29 is 9.90 Å². The van der Waals surface area contributed by atoms with Gasteiger partial charge in [-0.2, -0.15) is 4.98 Å². The predicted molar refractivity (Wildman–Crippen MR) is 59.7 cm³/mol. The molecule has 88 valence electrons. The summed E-state index contributed by atoms with van der Waals surface area (Å²) in [7, 11) is 0. The molecule has 0 aliphatic carbocycles. The summed E-state index contributed by atoms with van der Waals surface area (Å²) in [5.74, 6) is -0.771. The maximum absolute atomic E-state index is 11.6. The molecule has 0 atom stereocenters. The molecule has 5 nitrogen and oxygen atoms in total. The van der Waals surface area contributed by atoms with Crippen molar-refractivity contribution in [2.75, 3.05) is 0 Å². The Kier molecular flexibility index (Phi) is 4.06. The van der Waals surface area contributed by atoms with Crippen LogP contribution in [0.1, 0.15) is 19.5 Å². The molecular formula is C10H13ClN2O3. The first kappa shape index (κ1) is 12.7. The molecular weight excluding hydrogens is 232 g/mol. The molecule has 0 bridgehead atoms. The molecule has 0 unspecified atom stereocenters. The number of aliphatic carboxylic acids is 1. The highest BCUT2D eigenvalue weighted by atomic mass is 35.5. The topological polar surface area (TPSA) is 72.2 Å². The van der Waals surface area contributed by atoms with Crippen LogP contribution in [0.5, 0.6) is 0 Å². The van der Waals surface area contributed by atoms with Crippen LogP contribution in [0.2, 0.25) is 5.15 Å². The molecule has 0 radical (unpaired) electrons. The number of carboxylic acids is 1. The fourth-order valence-electron chi connectivity index (χ4n) is 1.38. The van der Waals surface area contributed by atoms with Crippen molar-refractivity contribution in [3.05, 3.63) is 27.4 Å². The lowest BCUT2D eigenvalue weighted by Crippen LogP contribution is -2.29. The summed E-state index contributed by atoms with van der Waals surface area (Å²) in [6.45, 7) is 4.31. The SMILES string of the molecule is CC(C)Cn1c(CC(=O)O)cc(Cl)nc1=O. The summed E-state index contributed by atoms with van der Waals surface area (Å²) >= 11 is 5.62. The van der Waals surface area contributed by atoms with Gasteiger partial charge in [-0.15, -0.1) is 0 Å². The Morgan fingerprint density at radius 3 is 2.75 bits per heavy atom. The maximum atomic E-state index is 11.6. The zero-order valence-corrected chi connectivity index (χ0v) is 9.86. The minimum absolute atomic E-state index is 0.0289. The quantitative estimate of drug-likeness (QED) is 0.808. The van der Waals surface area contributed by atoms with E-state index in [-0.39, 0.29) is 17.5 Å². The monoisotopic (exact) mass is 244 g/mol. The zero-order chi connectivity index (χ0) is 12.3. The van der Waals surface area contributed by atoms with Crippen molar-refractivity contribution in [1.29, 1.82) is 0 Å². The van der Waals surface area contributed by atoms with E-state index in [0.29, 0.717) is 12.2 Å². The highest BCUT2D eigenvalue weighted by Gasteiger charge is 2.11. The summed E-state index contributed by atoms with van der Waals surface area (Å²) in [6.07, 6.45) is -0.232. The summed E-state index contributed by atoms with van der Waals surface area (Å²) in [6, 6.07) is 1.42. The lowest BCUT2D eigenvalue weighted by Gasteiger charge is -2.12. The molecule has 6 heteroatoms. The molecule has 0 aromatic carbocycles. The Bertz CT molecular complexity index is 454. The van der Waals surface area contributed by atoms with Crippen LogP contribution in [0.15, 0.2) is 10.9 Å². The smallest absolute Gasteiger partial charge is 0.349 e. The lowest BCUT2D eigenvalue weighted by atomic mass is 10.2. The van der Waals surface area contributed by atoms with Gasteiger partial charge in [0.15, 0.2) is 0 Å². The van der Waals surface area contributed by atoms with E-state index in [1.165, 1.54) is 10.6 Å². The predicted octanol–water partition coefficient (Wildman–Crippen LogP) is 1.18. The number of nitrogens with zero attached hydrogens (tertiary/aromatic N) is 2. The van der Waals surface area contributed by atoms with E-state index < -0.39 is 11.7 Å². The minimum atomic E-state index is -1.00. The van der Waals surface area contributed by atoms with Crippen LogP contribution < -0.4 is 5.69 Å². The molecule has 0 spiro atoms. The van der Waals surface area contributed by atoms with Crippen LogP contribution in [0.25, 0.3) is 0 Å². The van der Waals surface area contributed by atoms with Crippen molar-refractivity contribution in [1.82, 2.24) is 9.55 Å². The molecule has 1 aromatic rings. The van der Waals surface area contributed by atoms with Crippen LogP contribution in [0.4, 0.5) is 0 Å². The molecule has 0 saturated carbocycles. The van der Waals surface area contributed by atoms with Crippen molar-refractivity contribution in [3.8, 4) is 0 Å². The van der Waals surface area contributed by atoms with Crippen LogP contribution in [0.3, 0.4) is 0 Å². The molecule has 1 N–H and O–H groups in total. The van der Waals surface area contributed by atoms with Gasteiger partial charge in [0.1, 0.15) is 5.15 Å². The first-order valence-electron chi connectivity index (χ1n) is 4.88. The number of hydrogen-bond donors (Lipinski definition) is 1. The van der Waals surface area contributed by atoms with Gasteiger partial charge in [-0.25, -0.2) is 4.79 Å². The molecule has 0 aliphatic rings. The Morgan fingerprint density at radius 1 is 1.62 bits per heavy atom. The summed E-state index contributed by atoms with van der Waals surface area (Å²) in [5.41, 5.74) is -0.122. The van der Waals surface area contributed by atoms with Gasteiger partial charge in [0.05, 0.1) is 6.42 Å². The number of halogens is 1. The van der Waals surface area contributed by atoms with E-state index in [1.54, 1.807) is 0 Å². The van der Waals surface area contributed by atoms with E-state index in [1.807, 2.05) is 13.8 Å². The van der Waals surface area contributed by atoms with Crippen molar-refractivity contribution in [2.24, 2.45) is 5.92 Å². The van der Waals surface area contributed by atoms with Crippen molar-refractivity contribution >= 4 is 17.6 Å². The Labute approximate surface area is 97.7 Å². The van der Waals surface area contributed by atoms with Gasteiger partial charge < -0.3 is 5.11 Å². The van der Waals surface area contributed by atoms with E-state index in [9.17, 15) is 9.59 Å². The average molecular weight is 245 g/mol. The number of hydrogen-bond acceptors (Lipinski definition) is 3. The van der Waals surface area contributed by atoms with E-state index >= 15 is 0 Å². The third-order valence-electron chi connectivity index (χ3n) is 1.95. The average Bonchev–Trinajstić information content (AvgIpc) is 2.09. The summed E-state index contributed by atoms with van der Waals surface area (Å²) in [4.78, 5) is 25.8. The standard InChI is InChI=1S/C10H13ClN2O3/c1-6(2)5-13-7(4-9(14)15)3-8(11)12-10(13)16/h3,6H,4-5H2,1-2H3,(H,14,15). The molecule has 16 heavy (non-hydrogen) atoms. The van der Waals surface area contributed by atoms with Crippen molar-refractivity contribution in [2.45, 2.75) is 26.8 Å². The maximum Gasteiger partial charge on any atom is 0.349 e.